The molecule has 6 nitrogen and oxygen atoms in total. The van der Waals surface area contributed by atoms with Crippen molar-refractivity contribution in [2.75, 3.05) is 26.9 Å². The molecule has 1 N–H and O–H groups in total. The Balaban J connectivity index is 1.84. The number of para-hydroxylation sites is 1. The summed E-state index contributed by atoms with van der Waals surface area (Å²) in [5, 5.41) is 3.01. The van der Waals surface area contributed by atoms with Crippen molar-refractivity contribution in [1.82, 2.24) is 9.88 Å². The van der Waals surface area contributed by atoms with Crippen LogP contribution in [-0.2, 0) is 17.2 Å². The van der Waals surface area contributed by atoms with Gasteiger partial charge in [0.25, 0.3) is 11.5 Å². The summed E-state index contributed by atoms with van der Waals surface area (Å²) in [4.78, 5) is 24.3. The van der Waals surface area contributed by atoms with Crippen LogP contribution in [0.3, 0.4) is 0 Å². The summed E-state index contributed by atoms with van der Waals surface area (Å²) in [7, 11) is 3.31. The van der Waals surface area contributed by atoms with E-state index in [4.69, 9.17) is 9.47 Å². The van der Waals surface area contributed by atoms with Crippen LogP contribution in [-0.4, -0.2) is 37.3 Å². The number of hydrogen-bond acceptors (Lipinski definition) is 4. The van der Waals surface area contributed by atoms with Gasteiger partial charge in [0.1, 0.15) is 5.75 Å². The number of methoxy groups -OCH3 is 1. The fourth-order valence-electron chi connectivity index (χ4n) is 3.43. The fourth-order valence-corrected chi connectivity index (χ4v) is 3.43. The lowest BCUT2D eigenvalue weighted by Gasteiger charge is -2.38. The van der Waals surface area contributed by atoms with E-state index in [-0.39, 0.29) is 16.9 Å². The largest absolute Gasteiger partial charge is 0.496 e. The molecular weight excluding hydrogens is 332 g/mol. The summed E-state index contributed by atoms with van der Waals surface area (Å²) < 4.78 is 12.5. The van der Waals surface area contributed by atoms with Crippen molar-refractivity contribution in [3.8, 4) is 5.75 Å². The highest BCUT2D eigenvalue weighted by Crippen LogP contribution is 2.39. The van der Waals surface area contributed by atoms with Gasteiger partial charge in [-0.3, -0.25) is 9.59 Å². The number of aryl methyl sites for hydroxylation is 1. The maximum atomic E-state index is 12.6. The number of rotatable bonds is 5. The van der Waals surface area contributed by atoms with Crippen LogP contribution >= 0.6 is 0 Å². The summed E-state index contributed by atoms with van der Waals surface area (Å²) in [5.41, 5.74) is 0.994. The van der Waals surface area contributed by atoms with Crippen LogP contribution in [0.1, 0.15) is 28.8 Å². The molecule has 1 aliphatic rings. The van der Waals surface area contributed by atoms with E-state index in [0.29, 0.717) is 25.3 Å². The van der Waals surface area contributed by atoms with E-state index in [9.17, 15) is 9.59 Å². The van der Waals surface area contributed by atoms with E-state index in [1.165, 1.54) is 10.6 Å². The van der Waals surface area contributed by atoms with Gasteiger partial charge < -0.3 is 19.4 Å². The zero-order chi connectivity index (χ0) is 18.6. The summed E-state index contributed by atoms with van der Waals surface area (Å²) in [6, 6.07) is 10.9. The van der Waals surface area contributed by atoms with Crippen molar-refractivity contribution in [3.05, 3.63) is 64.1 Å². The van der Waals surface area contributed by atoms with Crippen LogP contribution in [0.15, 0.2) is 47.4 Å². The van der Waals surface area contributed by atoms with E-state index in [2.05, 4.69) is 11.4 Å². The van der Waals surface area contributed by atoms with Crippen LogP contribution in [0.5, 0.6) is 5.75 Å². The molecule has 1 aromatic heterocycles. The Bertz CT molecular complexity index is 838. The summed E-state index contributed by atoms with van der Waals surface area (Å²) in [6.07, 6.45) is 3.19. The van der Waals surface area contributed by atoms with Crippen molar-refractivity contribution in [2.24, 2.45) is 7.05 Å². The minimum Gasteiger partial charge on any atom is -0.496 e. The normalized spacial score (nSPS) is 16.1. The van der Waals surface area contributed by atoms with Crippen LogP contribution in [0, 0.1) is 0 Å². The highest BCUT2D eigenvalue weighted by atomic mass is 16.5. The number of carbonyl (C=O) groups is 1. The molecule has 0 atom stereocenters. The number of carbonyl (C=O) groups excluding carboxylic acids is 1. The third-order valence-corrected chi connectivity index (χ3v) is 5.08. The number of benzene rings is 1. The number of nitrogens with zero attached hydrogens (tertiary/aromatic N) is 1. The Morgan fingerprint density at radius 3 is 2.69 bits per heavy atom. The Labute approximate surface area is 152 Å². The van der Waals surface area contributed by atoms with Gasteiger partial charge >= 0.3 is 0 Å². The van der Waals surface area contributed by atoms with Crippen LogP contribution in [0.4, 0.5) is 0 Å². The van der Waals surface area contributed by atoms with Gasteiger partial charge in [-0.1, -0.05) is 18.2 Å². The second-order valence-corrected chi connectivity index (χ2v) is 6.64. The first-order valence-corrected chi connectivity index (χ1v) is 8.72. The minimum absolute atomic E-state index is 0.205. The molecule has 2 heterocycles. The van der Waals surface area contributed by atoms with Gasteiger partial charge in [-0.2, -0.15) is 0 Å². The van der Waals surface area contributed by atoms with Crippen molar-refractivity contribution < 1.29 is 14.3 Å². The lowest BCUT2D eigenvalue weighted by Crippen LogP contribution is -2.45. The molecule has 6 heteroatoms. The average Bonchev–Trinajstić information content (AvgIpc) is 2.69. The molecule has 0 bridgehead atoms. The van der Waals surface area contributed by atoms with E-state index in [1.807, 2.05) is 18.2 Å². The molecule has 1 aromatic carbocycles. The number of ether oxygens (including phenoxy) is 2. The van der Waals surface area contributed by atoms with E-state index in [0.717, 1.165) is 24.2 Å². The predicted molar refractivity (Wildman–Crippen MR) is 98.7 cm³/mol. The van der Waals surface area contributed by atoms with Gasteiger partial charge in [0.2, 0.25) is 0 Å². The highest BCUT2D eigenvalue weighted by molar-refractivity contribution is 5.94. The van der Waals surface area contributed by atoms with Gasteiger partial charge in [0, 0.05) is 55.6 Å². The third kappa shape index (κ3) is 3.65. The molecule has 138 valence electrons. The van der Waals surface area contributed by atoms with E-state index < -0.39 is 0 Å². The number of hydrogen-bond donors (Lipinski definition) is 1. The van der Waals surface area contributed by atoms with Crippen molar-refractivity contribution in [1.29, 1.82) is 0 Å². The molecule has 0 unspecified atom stereocenters. The molecule has 0 aliphatic carbocycles. The number of nitrogens with one attached hydrogen (secondary N) is 1. The lowest BCUT2D eigenvalue weighted by molar-refractivity contribution is 0.0479. The third-order valence-electron chi connectivity index (χ3n) is 5.08. The maximum absolute atomic E-state index is 12.6. The number of pyridine rings is 1. The molecule has 1 saturated heterocycles. The molecule has 3 rings (SSSR count). The van der Waals surface area contributed by atoms with Gasteiger partial charge in [0.05, 0.1) is 7.11 Å². The second-order valence-electron chi connectivity index (χ2n) is 6.64. The molecule has 2 aromatic rings. The lowest BCUT2D eigenvalue weighted by atomic mass is 9.73. The Hall–Kier alpha value is -2.60. The van der Waals surface area contributed by atoms with Crippen molar-refractivity contribution >= 4 is 5.91 Å². The molecule has 1 aliphatic heterocycles. The van der Waals surface area contributed by atoms with Crippen LogP contribution in [0.25, 0.3) is 0 Å². The standard InChI is InChI=1S/C20H24N2O4/c1-22-10-7-15(13-18(22)23)19(24)21-14-20(8-11-26-12-9-20)16-5-3-4-6-17(16)25-2/h3-7,10,13H,8-9,11-12,14H2,1-2H3,(H,21,24). The molecule has 0 radical (unpaired) electrons. The van der Waals surface area contributed by atoms with Gasteiger partial charge in [-0.25, -0.2) is 0 Å². The van der Waals surface area contributed by atoms with Gasteiger partial charge in [-0.05, 0) is 25.0 Å². The summed E-state index contributed by atoms with van der Waals surface area (Å²) >= 11 is 0. The SMILES string of the molecule is COc1ccccc1C1(CNC(=O)c2ccn(C)c(=O)c2)CCOCC1. The first-order valence-electron chi connectivity index (χ1n) is 8.72. The Morgan fingerprint density at radius 2 is 2.00 bits per heavy atom. The topological polar surface area (TPSA) is 69.6 Å². The smallest absolute Gasteiger partial charge is 0.251 e. The molecule has 1 fully saturated rings. The number of aromatic nitrogens is 1. The zero-order valence-electron chi connectivity index (χ0n) is 15.2. The number of amides is 1. The van der Waals surface area contributed by atoms with Crippen molar-refractivity contribution in [2.45, 2.75) is 18.3 Å². The average molecular weight is 356 g/mol. The quantitative estimate of drug-likeness (QED) is 0.888. The second kappa shape index (κ2) is 7.74. The zero-order valence-corrected chi connectivity index (χ0v) is 15.2. The Kier molecular flexibility index (Phi) is 5.42. The fraction of sp³-hybridized carbons (Fsp3) is 0.400. The molecular formula is C20H24N2O4. The molecule has 0 spiro atoms. The van der Waals surface area contributed by atoms with Crippen molar-refractivity contribution in [3.63, 3.8) is 0 Å². The molecule has 26 heavy (non-hydrogen) atoms. The molecule has 0 saturated carbocycles. The van der Waals surface area contributed by atoms with E-state index >= 15 is 0 Å². The Morgan fingerprint density at radius 1 is 1.27 bits per heavy atom. The van der Waals surface area contributed by atoms with Gasteiger partial charge in [0.15, 0.2) is 0 Å². The molecule has 1 amide bonds. The summed E-state index contributed by atoms with van der Waals surface area (Å²) in [6.45, 7) is 1.74. The summed E-state index contributed by atoms with van der Waals surface area (Å²) in [5.74, 6) is 0.570. The van der Waals surface area contributed by atoms with Crippen LogP contribution in [0.2, 0.25) is 0 Å². The maximum Gasteiger partial charge on any atom is 0.251 e. The van der Waals surface area contributed by atoms with E-state index in [1.54, 1.807) is 26.4 Å². The first-order chi connectivity index (χ1) is 12.6. The monoisotopic (exact) mass is 356 g/mol. The first kappa shape index (κ1) is 18.2. The van der Waals surface area contributed by atoms with Crippen LogP contribution < -0.4 is 15.6 Å². The predicted octanol–water partition coefficient (Wildman–Crippen LogP) is 1.87. The van der Waals surface area contributed by atoms with Gasteiger partial charge in [-0.15, -0.1) is 0 Å². The highest BCUT2D eigenvalue weighted by Gasteiger charge is 2.37. The minimum atomic E-state index is -0.250.